The van der Waals surface area contributed by atoms with Crippen LogP contribution in [0.15, 0.2) is 18.2 Å². The molecule has 1 rings (SSSR count). The Balaban J connectivity index is 2.93. The Bertz CT molecular complexity index is 299. The molecule has 0 aliphatic heterocycles. The van der Waals surface area contributed by atoms with Gasteiger partial charge in [0, 0.05) is 0 Å². The highest BCUT2D eigenvalue weighted by Crippen LogP contribution is 2.27. The van der Waals surface area contributed by atoms with Crippen molar-refractivity contribution in [3.63, 3.8) is 0 Å². The van der Waals surface area contributed by atoms with Crippen LogP contribution in [0.1, 0.15) is 10.4 Å². The van der Waals surface area contributed by atoms with E-state index in [0.29, 0.717) is 22.6 Å². The Hall–Kier alpha value is -1.06. The molecule has 1 aromatic rings. The van der Waals surface area contributed by atoms with Gasteiger partial charge in [-0.3, -0.25) is 4.79 Å². The first-order chi connectivity index (χ1) is 6.29. The fraction of sp³-hybridized carbons (Fsp3) is 0.222. The molecule has 0 aromatic heterocycles. The average molecular weight is 201 g/mol. The highest BCUT2D eigenvalue weighted by atomic mass is 35.5. The molecule has 1 N–H and O–H groups in total. The zero-order chi connectivity index (χ0) is 9.68. The number of carbonyl (C=O) groups is 1. The van der Waals surface area contributed by atoms with Crippen LogP contribution < -0.4 is 4.74 Å². The minimum absolute atomic E-state index is 0.108. The highest BCUT2D eigenvalue weighted by molar-refractivity contribution is 6.32. The second kappa shape index (κ2) is 4.84. The number of aliphatic hydroxyl groups is 1. The van der Waals surface area contributed by atoms with E-state index in [9.17, 15) is 4.79 Å². The molecule has 0 spiro atoms. The van der Waals surface area contributed by atoms with Crippen molar-refractivity contribution in [2.24, 2.45) is 0 Å². The number of ether oxygens (including phenoxy) is 1. The van der Waals surface area contributed by atoms with Gasteiger partial charge < -0.3 is 9.84 Å². The SMILES string of the molecule is O=Cc1cccc(Cl)c1OCCO. The van der Waals surface area contributed by atoms with Gasteiger partial charge in [0.2, 0.25) is 0 Å². The van der Waals surface area contributed by atoms with E-state index in [4.69, 9.17) is 21.4 Å². The number of aliphatic hydroxyl groups excluding tert-OH is 1. The van der Waals surface area contributed by atoms with Crippen LogP contribution in [0.5, 0.6) is 5.75 Å². The molecular weight excluding hydrogens is 192 g/mol. The molecule has 0 atom stereocenters. The second-order valence-electron chi connectivity index (χ2n) is 2.35. The monoisotopic (exact) mass is 200 g/mol. The minimum atomic E-state index is -0.108. The first-order valence-corrected chi connectivity index (χ1v) is 4.14. The molecule has 3 nitrogen and oxygen atoms in total. The number of benzene rings is 1. The summed E-state index contributed by atoms with van der Waals surface area (Å²) in [4.78, 5) is 10.5. The number of halogens is 1. The average Bonchev–Trinajstić information content (AvgIpc) is 2.15. The third-order valence-corrected chi connectivity index (χ3v) is 1.76. The van der Waals surface area contributed by atoms with E-state index in [-0.39, 0.29) is 13.2 Å². The van der Waals surface area contributed by atoms with Gasteiger partial charge in [-0.15, -0.1) is 0 Å². The van der Waals surface area contributed by atoms with Crippen LogP contribution in [0, 0.1) is 0 Å². The van der Waals surface area contributed by atoms with Crippen molar-refractivity contribution in [1.82, 2.24) is 0 Å². The van der Waals surface area contributed by atoms with Crippen molar-refractivity contribution in [3.05, 3.63) is 28.8 Å². The molecule has 0 unspecified atom stereocenters. The minimum Gasteiger partial charge on any atom is -0.489 e. The van der Waals surface area contributed by atoms with Crippen LogP contribution in [0.2, 0.25) is 5.02 Å². The number of hydrogen-bond donors (Lipinski definition) is 1. The summed E-state index contributed by atoms with van der Waals surface area (Å²) in [5.74, 6) is 0.327. The zero-order valence-corrected chi connectivity index (χ0v) is 7.62. The van der Waals surface area contributed by atoms with Crippen LogP contribution in [0.3, 0.4) is 0 Å². The molecule has 1 aromatic carbocycles. The maximum atomic E-state index is 10.5. The molecule has 4 heteroatoms. The standard InChI is InChI=1S/C9H9ClO3/c10-8-3-1-2-7(6-12)9(8)13-5-4-11/h1-3,6,11H,4-5H2. The van der Waals surface area contributed by atoms with E-state index in [1.165, 1.54) is 0 Å². The Labute approximate surface area is 80.9 Å². The molecule has 0 saturated carbocycles. The number of para-hydroxylation sites is 1. The van der Waals surface area contributed by atoms with Gasteiger partial charge in [-0.2, -0.15) is 0 Å². The molecule has 13 heavy (non-hydrogen) atoms. The van der Waals surface area contributed by atoms with E-state index in [1.807, 2.05) is 0 Å². The van der Waals surface area contributed by atoms with Crippen LogP contribution in [0.4, 0.5) is 0 Å². The third kappa shape index (κ3) is 2.44. The summed E-state index contributed by atoms with van der Waals surface area (Å²) >= 11 is 5.78. The molecule has 0 radical (unpaired) electrons. The summed E-state index contributed by atoms with van der Waals surface area (Å²) in [5, 5.41) is 8.90. The summed E-state index contributed by atoms with van der Waals surface area (Å²) in [7, 11) is 0. The summed E-state index contributed by atoms with van der Waals surface area (Å²) in [5.41, 5.74) is 0.390. The largest absolute Gasteiger partial charge is 0.489 e. The number of carbonyl (C=O) groups excluding carboxylic acids is 1. The zero-order valence-electron chi connectivity index (χ0n) is 6.87. The summed E-state index contributed by atoms with van der Waals surface area (Å²) in [6.45, 7) is 0.0219. The third-order valence-electron chi connectivity index (χ3n) is 1.46. The van der Waals surface area contributed by atoms with Crippen molar-refractivity contribution < 1.29 is 14.6 Å². The smallest absolute Gasteiger partial charge is 0.153 e. The Morgan fingerprint density at radius 3 is 2.92 bits per heavy atom. The fourth-order valence-corrected chi connectivity index (χ4v) is 1.15. The van der Waals surface area contributed by atoms with Crippen molar-refractivity contribution in [3.8, 4) is 5.75 Å². The van der Waals surface area contributed by atoms with E-state index >= 15 is 0 Å². The molecule has 0 aliphatic rings. The maximum Gasteiger partial charge on any atom is 0.153 e. The molecule has 70 valence electrons. The van der Waals surface area contributed by atoms with Crippen LogP contribution in [-0.2, 0) is 0 Å². The lowest BCUT2D eigenvalue weighted by Gasteiger charge is -2.07. The Morgan fingerprint density at radius 1 is 1.54 bits per heavy atom. The highest BCUT2D eigenvalue weighted by Gasteiger charge is 2.06. The van der Waals surface area contributed by atoms with Gasteiger partial charge >= 0.3 is 0 Å². The Kier molecular flexibility index (Phi) is 3.73. The molecular formula is C9H9ClO3. The van der Waals surface area contributed by atoms with Gasteiger partial charge in [0.15, 0.2) is 6.29 Å². The number of hydrogen-bond acceptors (Lipinski definition) is 3. The Morgan fingerprint density at radius 2 is 2.31 bits per heavy atom. The van der Waals surface area contributed by atoms with Crippen molar-refractivity contribution in [2.45, 2.75) is 0 Å². The normalized spacial score (nSPS) is 9.69. The van der Waals surface area contributed by atoms with Crippen molar-refractivity contribution in [1.29, 1.82) is 0 Å². The van der Waals surface area contributed by atoms with E-state index < -0.39 is 0 Å². The molecule has 0 amide bonds. The van der Waals surface area contributed by atoms with Gasteiger partial charge in [0.25, 0.3) is 0 Å². The van der Waals surface area contributed by atoms with Crippen LogP contribution in [0.25, 0.3) is 0 Å². The van der Waals surface area contributed by atoms with Gasteiger partial charge in [-0.05, 0) is 12.1 Å². The van der Waals surface area contributed by atoms with Gasteiger partial charge in [0.1, 0.15) is 12.4 Å². The van der Waals surface area contributed by atoms with Gasteiger partial charge in [0.05, 0.1) is 17.2 Å². The second-order valence-corrected chi connectivity index (χ2v) is 2.76. The van der Waals surface area contributed by atoms with E-state index in [2.05, 4.69) is 0 Å². The lowest BCUT2D eigenvalue weighted by molar-refractivity contribution is 0.111. The van der Waals surface area contributed by atoms with E-state index in [0.717, 1.165) is 0 Å². The summed E-state index contributed by atoms with van der Waals surface area (Å²) < 4.78 is 5.09. The predicted molar refractivity (Wildman–Crippen MR) is 49.4 cm³/mol. The maximum absolute atomic E-state index is 10.5. The van der Waals surface area contributed by atoms with Crippen molar-refractivity contribution in [2.75, 3.05) is 13.2 Å². The number of rotatable bonds is 4. The quantitative estimate of drug-likeness (QED) is 0.750. The molecule has 0 bridgehead atoms. The van der Waals surface area contributed by atoms with Gasteiger partial charge in [-0.25, -0.2) is 0 Å². The molecule has 0 saturated heterocycles. The topological polar surface area (TPSA) is 46.5 Å². The first kappa shape index (κ1) is 10.0. The molecule has 0 fully saturated rings. The summed E-state index contributed by atoms with van der Waals surface area (Å²) in [6, 6.07) is 4.89. The first-order valence-electron chi connectivity index (χ1n) is 3.77. The van der Waals surface area contributed by atoms with Crippen molar-refractivity contribution >= 4 is 17.9 Å². The predicted octanol–water partition coefficient (Wildman–Crippen LogP) is 1.52. The summed E-state index contributed by atoms with van der Waals surface area (Å²) in [6.07, 6.45) is 0.665. The fourth-order valence-electron chi connectivity index (χ4n) is 0.918. The lowest BCUT2D eigenvalue weighted by atomic mass is 10.2. The van der Waals surface area contributed by atoms with Gasteiger partial charge in [-0.1, -0.05) is 17.7 Å². The molecule has 0 aliphatic carbocycles. The molecule has 0 heterocycles. The van der Waals surface area contributed by atoms with E-state index in [1.54, 1.807) is 18.2 Å². The lowest BCUT2D eigenvalue weighted by Crippen LogP contribution is -2.04. The number of aldehydes is 1. The van der Waals surface area contributed by atoms with Crippen LogP contribution >= 0.6 is 11.6 Å². The van der Waals surface area contributed by atoms with Crippen LogP contribution in [-0.4, -0.2) is 24.6 Å².